The Hall–Kier alpha value is -2.92. The van der Waals surface area contributed by atoms with Gasteiger partial charge < -0.3 is 4.74 Å². The average Bonchev–Trinajstić information content (AvgIpc) is 3.36. The molecule has 0 saturated carbocycles. The van der Waals surface area contributed by atoms with Crippen LogP contribution in [0.4, 0.5) is 9.52 Å². The van der Waals surface area contributed by atoms with Gasteiger partial charge in [0.05, 0.1) is 29.0 Å². The van der Waals surface area contributed by atoms with Crippen LogP contribution in [0.3, 0.4) is 0 Å². The number of hydrogen-bond donors (Lipinski definition) is 0. The highest BCUT2D eigenvalue weighted by molar-refractivity contribution is 7.22. The van der Waals surface area contributed by atoms with Gasteiger partial charge in [0.1, 0.15) is 17.9 Å². The summed E-state index contributed by atoms with van der Waals surface area (Å²) in [6.45, 7) is 3.18. The van der Waals surface area contributed by atoms with E-state index < -0.39 is 30.1 Å². The fourth-order valence-electron chi connectivity index (χ4n) is 4.02. The molecule has 178 valence electrons. The van der Waals surface area contributed by atoms with Crippen molar-refractivity contribution in [3.8, 4) is 0 Å². The number of amides is 3. The molecule has 3 amide bonds. The first-order valence-electron chi connectivity index (χ1n) is 10.6. The average molecular weight is 505 g/mol. The maximum Gasteiger partial charge on any atom is 0.262 e. The molecule has 0 unspecified atom stereocenters. The molecule has 2 aromatic carbocycles. The number of imide groups is 1. The lowest BCUT2D eigenvalue weighted by molar-refractivity contribution is -0.119. The molecule has 0 N–H and O–H groups in total. The molecule has 1 fully saturated rings. The number of carbonyl (C=O) groups is 3. The summed E-state index contributed by atoms with van der Waals surface area (Å²) in [5.74, 6) is -1.90. The molecule has 2 aliphatic heterocycles. The molecule has 2 aliphatic rings. The molecular weight excluding hydrogens is 483 g/mol. The third-order valence-corrected chi connectivity index (χ3v) is 6.85. The van der Waals surface area contributed by atoms with E-state index in [1.807, 2.05) is 0 Å². The highest BCUT2D eigenvalue weighted by atomic mass is 35.5. The molecule has 0 atom stereocenters. The summed E-state index contributed by atoms with van der Waals surface area (Å²) >= 11 is 1.20. The van der Waals surface area contributed by atoms with Crippen LogP contribution in [-0.2, 0) is 9.53 Å². The molecule has 1 saturated heterocycles. The number of rotatable bonds is 6. The van der Waals surface area contributed by atoms with E-state index in [9.17, 15) is 18.8 Å². The van der Waals surface area contributed by atoms with E-state index in [0.29, 0.717) is 36.1 Å². The van der Waals surface area contributed by atoms with Gasteiger partial charge in [-0.2, -0.15) is 0 Å². The highest BCUT2D eigenvalue weighted by Gasteiger charge is 2.37. The zero-order chi connectivity index (χ0) is 22.9. The summed E-state index contributed by atoms with van der Waals surface area (Å²) < 4.78 is 20.2. The predicted molar refractivity (Wildman–Crippen MR) is 128 cm³/mol. The van der Waals surface area contributed by atoms with E-state index in [0.717, 1.165) is 18.0 Å². The number of morpholine rings is 1. The second kappa shape index (κ2) is 10.1. The summed E-state index contributed by atoms with van der Waals surface area (Å²) in [6, 6.07) is 11.2. The van der Waals surface area contributed by atoms with Crippen LogP contribution in [0.2, 0.25) is 0 Å². The minimum atomic E-state index is -0.493. The zero-order valence-electron chi connectivity index (χ0n) is 18.1. The lowest BCUT2D eigenvalue weighted by atomic mass is 10.1. The van der Waals surface area contributed by atoms with Crippen molar-refractivity contribution in [2.24, 2.45) is 0 Å². The number of carbonyl (C=O) groups excluding carboxylic acids is 3. The normalized spacial score (nSPS) is 16.0. The monoisotopic (exact) mass is 504 g/mol. The van der Waals surface area contributed by atoms with Crippen molar-refractivity contribution < 1.29 is 23.5 Å². The van der Waals surface area contributed by atoms with Crippen LogP contribution in [0.25, 0.3) is 10.2 Å². The lowest BCUT2D eigenvalue weighted by Gasteiger charge is -2.29. The van der Waals surface area contributed by atoms with Crippen LogP contribution in [-0.4, -0.2) is 78.4 Å². The second-order valence-electron chi connectivity index (χ2n) is 7.82. The van der Waals surface area contributed by atoms with E-state index in [4.69, 9.17) is 4.74 Å². The van der Waals surface area contributed by atoms with Gasteiger partial charge in [0, 0.05) is 26.2 Å². The fourth-order valence-corrected chi connectivity index (χ4v) is 5.04. The number of anilines is 1. The van der Waals surface area contributed by atoms with Crippen LogP contribution in [0.15, 0.2) is 42.5 Å². The molecule has 34 heavy (non-hydrogen) atoms. The Morgan fingerprint density at radius 2 is 1.74 bits per heavy atom. The Bertz CT molecular complexity index is 1210. The first-order valence-corrected chi connectivity index (χ1v) is 11.5. The maximum atomic E-state index is 14.2. The third kappa shape index (κ3) is 4.54. The van der Waals surface area contributed by atoms with Crippen LogP contribution in [0.1, 0.15) is 20.7 Å². The number of ether oxygens (including phenoxy) is 1. The fraction of sp³-hybridized carbons (Fsp3) is 0.304. The largest absolute Gasteiger partial charge is 0.379 e. The Labute approximate surface area is 205 Å². The van der Waals surface area contributed by atoms with Gasteiger partial charge in [0.25, 0.3) is 11.8 Å². The van der Waals surface area contributed by atoms with Gasteiger partial charge in [-0.25, -0.2) is 9.37 Å². The van der Waals surface area contributed by atoms with E-state index in [-0.39, 0.29) is 29.1 Å². The second-order valence-corrected chi connectivity index (χ2v) is 8.83. The number of thiazole rings is 1. The van der Waals surface area contributed by atoms with Crippen molar-refractivity contribution in [2.75, 3.05) is 50.8 Å². The maximum absolute atomic E-state index is 14.2. The minimum absolute atomic E-state index is 0. The quantitative estimate of drug-likeness (QED) is 0.480. The molecule has 11 heteroatoms. The number of aromatic nitrogens is 1. The van der Waals surface area contributed by atoms with Crippen LogP contribution in [0, 0.1) is 5.82 Å². The Morgan fingerprint density at radius 1 is 1.06 bits per heavy atom. The first-order chi connectivity index (χ1) is 16.0. The van der Waals surface area contributed by atoms with Crippen molar-refractivity contribution in [1.29, 1.82) is 0 Å². The third-order valence-electron chi connectivity index (χ3n) is 5.81. The van der Waals surface area contributed by atoms with Crippen molar-refractivity contribution in [1.82, 2.24) is 14.8 Å². The van der Waals surface area contributed by atoms with Gasteiger partial charge >= 0.3 is 0 Å². The smallest absolute Gasteiger partial charge is 0.262 e. The molecule has 0 aliphatic carbocycles. The molecule has 0 radical (unpaired) electrons. The zero-order valence-corrected chi connectivity index (χ0v) is 19.7. The number of para-hydroxylation sites is 1. The van der Waals surface area contributed by atoms with Gasteiger partial charge in [-0.3, -0.25) is 29.1 Å². The molecule has 0 spiro atoms. The van der Waals surface area contributed by atoms with E-state index in [1.165, 1.54) is 22.3 Å². The lowest BCUT2D eigenvalue weighted by Crippen LogP contribution is -2.47. The summed E-state index contributed by atoms with van der Waals surface area (Å²) in [7, 11) is 0. The summed E-state index contributed by atoms with van der Waals surface area (Å²) in [6.07, 6.45) is 0. The Kier molecular flexibility index (Phi) is 7.22. The number of hydrogen-bond acceptors (Lipinski definition) is 7. The molecule has 5 rings (SSSR count). The number of nitrogens with zero attached hydrogens (tertiary/aromatic N) is 4. The van der Waals surface area contributed by atoms with Gasteiger partial charge in [0.15, 0.2) is 5.13 Å². The molecule has 0 bridgehead atoms. The number of fused-ring (bicyclic) bond motifs is 2. The molecule has 3 heterocycles. The molecular formula is C23H22ClFN4O4S. The Balaban J connectivity index is 0.00000274. The van der Waals surface area contributed by atoms with Gasteiger partial charge in [-0.1, -0.05) is 29.5 Å². The van der Waals surface area contributed by atoms with Crippen LogP contribution >= 0.6 is 23.7 Å². The van der Waals surface area contributed by atoms with E-state index >= 15 is 0 Å². The topological polar surface area (TPSA) is 83.1 Å². The van der Waals surface area contributed by atoms with Crippen LogP contribution < -0.4 is 4.90 Å². The van der Waals surface area contributed by atoms with E-state index in [1.54, 1.807) is 36.4 Å². The van der Waals surface area contributed by atoms with Crippen molar-refractivity contribution >= 4 is 56.8 Å². The minimum Gasteiger partial charge on any atom is -0.379 e. The van der Waals surface area contributed by atoms with E-state index in [2.05, 4.69) is 9.88 Å². The SMILES string of the molecule is Cl.O=C1c2ccccc2C(=O)N1CC(=O)N(CCN1CCOCC1)c1nc2c(F)cccc2s1. The van der Waals surface area contributed by atoms with Crippen molar-refractivity contribution in [3.63, 3.8) is 0 Å². The first kappa shape index (κ1) is 24.2. The predicted octanol–water partition coefficient (Wildman–Crippen LogP) is 2.82. The highest BCUT2D eigenvalue weighted by Crippen LogP contribution is 2.31. The number of benzene rings is 2. The van der Waals surface area contributed by atoms with Crippen molar-refractivity contribution in [3.05, 3.63) is 59.4 Å². The summed E-state index contributed by atoms with van der Waals surface area (Å²) in [5.41, 5.74) is 0.775. The molecule has 3 aromatic rings. The van der Waals surface area contributed by atoms with Gasteiger partial charge in [0.2, 0.25) is 5.91 Å². The molecule has 8 nitrogen and oxygen atoms in total. The summed E-state index contributed by atoms with van der Waals surface area (Å²) in [5, 5.41) is 0.338. The van der Waals surface area contributed by atoms with Crippen LogP contribution in [0.5, 0.6) is 0 Å². The van der Waals surface area contributed by atoms with Gasteiger partial charge in [-0.15, -0.1) is 12.4 Å². The van der Waals surface area contributed by atoms with Gasteiger partial charge in [-0.05, 0) is 24.3 Å². The standard InChI is InChI=1S/C23H21FN4O4S.ClH/c24-17-6-3-7-18-20(17)25-23(33-18)27(9-8-26-10-12-32-13-11-26)19(29)14-28-21(30)15-4-1-2-5-16(15)22(28)31;/h1-7H,8-14H2;1H. The summed E-state index contributed by atoms with van der Waals surface area (Å²) in [4.78, 5) is 47.8. The Morgan fingerprint density at radius 3 is 2.38 bits per heavy atom. The molecule has 1 aromatic heterocycles. The number of halogens is 2. The van der Waals surface area contributed by atoms with Crippen molar-refractivity contribution in [2.45, 2.75) is 0 Å².